The van der Waals surface area contributed by atoms with Crippen LogP contribution in [-0.2, 0) is 4.79 Å². The summed E-state index contributed by atoms with van der Waals surface area (Å²) < 4.78 is 0. The summed E-state index contributed by atoms with van der Waals surface area (Å²) in [5, 5.41) is 10.8. The van der Waals surface area contributed by atoms with Gasteiger partial charge in [0.05, 0.1) is 0 Å². The normalized spacial score (nSPS) is 9.92. The minimum Gasteiger partial charge on any atom is -0.350 e. The molecule has 0 aliphatic rings. The molecule has 0 aliphatic heterocycles. The summed E-state index contributed by atoms with van der Waals surface area (Å²) in [6, 6.07) is 13.7. The molecule has 2 aromatic carbocycles. The summed E-state index contributed by atoms with van der Waals surface area (Å²) in [7, 11) is 0. The lowest BCUT2D eigenvalue weighted by molar-refractivity contribution is -0.114. The smallest absolute Gasteiger partial charge is 0.319 e. The standard InChI is InChI=1S/C19H22N4O3/c1-13-5-3-4-6-17(13)23-19(26)21-12-11-20-18(25)15-7-9-16(10-8-15)22-14(2)24/h3-10H,11-12H2,1-2H3,(H,20,25)(H,22,24)(H2,21,23,26). The Labute approximate surface area is 152 Å². The van der Waals surface area contributed by atoms with Crippen LogP contribution in [-0.4, -0.2) is 30.9 Å². The molecule has 0 atom stereocenters. The van der Waals surface area contributed by atoms with Crippen molar-refractivity contribution in [1.29, 1.82) is 0 Å². The fraction of sp³-hybridized carbons (Fsp3) is 0.211. The second kappa shape index (κ2) is 9.22. The van der Waals surface area contributed by atoms with Gasteiger partial charge in [-0.15, -0.1) is 0 Å². The van der Waals surface area contributed by atoms with Crippen LogP contribution in [0.15, 0.2) is 48.5 Å². The Morgan fingerprint density at radius 3 is 2.15 bits per heavy atom. The van der Waals surface area contributed by atoms with Crippen LogP contribution in [0.5, 0.6) is 0 Å². The molecule has 7 heteroatoms. The SMILES string of the molecule is CC(=O)Nc1ccc(C(=O)NCCNC(=O)Nc2ccccc2C)cc1. The van der Waals surface area contributed by atoms with Crippen molar-refractivity contribution >= 4 is 29.2 Å². The minimum absolute atomic E-state index is 0.169. The number of hydrogen-bond acceptors (Lipinski definition) is 3. The van der Waals surface area contributed by atoms with Crippen LogP contribution in [0.1, 0.15) is 22.8 Å². The van der Waals surface area contributed by atoms with Crippen molar-refractivity contribution in [2.75, 3.05) is 23.7 Å². The van der Waals surface area contributed by atoms with Crippen molar-refractivity contribution in [2.24, 2.45) is 0 Å². The Morgan fingerprint density at radius 1 is 0.846 bits per heavy atom. The molecule has 136 valence electrons. The number of rotatable bonds is 6. The van der Waals surface area contributed by atoms with Gasteiger partial charge < -0.3 is 21.3 Å². The van der Waals surface area contributed by atoms with Crippen LogP contribution in [0.3, 0.4) is 0 Å². The van der Waals surface area contributed by atoms with E-state index in [4.69, 9.17) is 0 Å². The summed E-state index contributed by atoms with van der Waals surface area (Å²) in [5.74, 6) is -0.419. The van der Waals surface area contributed by atoms with Crippen LogP contribution >= 0.6 is 0 Å². The first-order chi connectivity index (χ1) is 12.5. The van der Waals surface area contributed by atoms with E-state index >= 15 is 0 Å². The summed E-state index contributed by atoms with van der Waals surface area (Å²) in [4.78, 5) is 34.8. The number of aryl methyl sites for hydroxylation is 1. The summed E-state index contributed by atoms with van der Waals surface area (Å²) in [6.07, 6.45) is 0. The third-order valence-electron chi connectivity index (χ3n) is 3.56. The first-order valence-electron chi connectivity index (χ1n) is 8.22. The molecule has 0 unspecified atom stereocenters. The molecule has 0 spiro atoms. The highest BCUT2D eigenvalue weighted by Crippen LogP contribution is 2.12. The zero-order valence-corrected chi connectivity index (χ0v) is 14.8. The molecule has 2 aromatic rings. The van der Waals surface area contributed by atoms with Crippen molar-refractivity contribution in [2.45, 2.75) is 13.8 Å². The highest BCUT2D eigenvalue weighted by Gasteiger charge is 2.06. The number of amides is 4. The quantitative estimate of drug-likeness (QED) is 0.600. The van der Waals surface area contributed by atoms with Gasteiger partial charge >= 0.3 is 6.03 Å². The number of urea groups is 1. The van der Waals surface area contributed by atoms with Crippen LogP contribution < -0.4 is 21.3 Å². The van der Waals surface area contributed by atoms with Crippen molar-refractivity contribution in [3.05, 3.63) is 59.7 Å². The molecule has 4 N–H and O–H groups in total. The predicted molar refractivity (Wildman–Crippen MR) is 101 cm³/mol. The minimum atomic E-state index is -0.326. The molecule has 0 aromatic heterocycles. The van der Waals surface area contributed by atoms with Gasteiger partial charge in [-0.25, -0.2) is 4.79 Å². The van der Waals surface area contributed by atoms with Gasteiger partial charge in [-0.3, -0.25) is 9.59 Å². The molecule has 0 saturated heterocycles. The van der Waals surface area contributed by atoms with E-state index in [1.807, 2.05) is 31.2 Å². The molecule has 4 amide bonds. The van der Waals surface area contributed by atoms with E-state index in [-0.39, 0.29) is 17.8 Å². The van der Waals surface area contributed by atoms with Crippen molar-refractivity contribution < 1.29 is 14.4 Å². The van der Waals surface area contributed by atoms with Crippen LogP contribution in [0, 0.1) is 6.92 Å². The van der Waals surface area contributed by atoms with E-state index in [1.165, 1.54) is 6.92 Å². The van der Waals surface area contributed by atoms with Crippen molar-refractivity contribution in [1.82, 2.24) is 10.6 Å². The highest BCUT2D eigenvalue weighted by atomic mass is 16.2. The first kappa shape index (κ1) is 19.0. The van der Waals surface area contributed by atoms with Crippen LogP contribution in [0.25, 0.3) is 0 Å². The number of anilines is 2. The highest BCUT2D eigenvalue weighted by molar-refractivity contribution is 5.95. The Balaban J connectivity index is 1.72. The van der Waals surface area contributed by atoms with Crippen molar-refractivity contribution in [3.8, 4) is 0 Å². The Morgan fingerprint density at radius 2 is 1.50 bits per heavy atom. The van der Waals surface area contributed by atoms with E-state index in [1.54, 1.807) is 24.3 Å². The van der Waals surface area contributed by atoms with Crippen LogP contribution in [0.2, 0.25) is 0 Å². The molecule has 0 saturated carbocycles. The molecular formula is C19H22N4O3. The lowest BCUT2D eigenvalue weighted by atomic mass is 10.2. The van der Waals surface area contributed by atoms with Gasteiger partial charge in [-0.05, 0) is 42.8 Å². The fourth-order valence-corrected chi connectivity index (χ4v) is 2.24. The van der Waals surface area contributed by atoms with Gasteiger partial charge in [0, 0.05) is 37.0 Å². The van der Waals surface area contributed by atoms with Gasteiger partial charge in [0.1, 0.15) is 0 Å². The predicted octanol–water partition coefficient (Wildman–Crippen LogP) is 2.50. The zero-order chi connectivity index (χ0) is 18.9. The summed E-state index contributed by atoms with van der Waals surface area (Å²) in [6.45, 7) is 3.93. The topological polar surface area (TPSA) is 99.3 Å². The molecule has 0 aliphatic carbocycles. The van der Waals surface area contributed by atoms with Gasteiger partial charge in [0.15, 0.2) is 0 Å². The lowest BCUT2D eigenvalue weighted by Crippen LogP contribution is -2.36. The second-order valence-electron chi connectivity index (χ2n) is 5.71. The van der Waals surface area contributed by atoms with Gasteiger partial charge in [-0.1, -0.05) is 18.2 Å². The molecule has 7 nitrogen and oxygen atoms in total. The average molecular weight is 354 g/mol. The Bertz CT molecular complexity index is 788. The molecule has 26 heavy (non-hydrogen) atoms. The molecule has 0 bridgehead atoms. The van der Waals surface area contributed by atoms with Crippen molar-refractivity contribution in [3.63, 3.8) is 0 Å². The Kier molecular flexibility index (Phi) is 6.73. The average Bonchev–Trinajstić information content (AvgIpc) is 2.60. The largest absolute Gasteiger partial charge is 0.350 e. The molecular weight excluding hydrogens is 332 g/mol. The van der Waals surface area contributed by atoms with Gasteiger partial charge in [0.2, 0.25) is 5.91 Å². The second-order valence-corrected chi connectivity index (χ2v) is 5.71. The van der Waals surface area contributed by atoms with Gasteiger partial charge in [-0.2, -0.15) is 0 Å². The molecule has 0 fully saturated rings. The third kappa shape index (κ3) is 5.94. The lowest BCUT2D eigenvalue weighted by Gasteiger charge is -2.10. The maximum Gasteiger partial charge on any atom is 0.319 e. The molecule has 0 heterocycles. The number of para-hydroxylation sites is 1. The maximum atomic E-state index is 12.0. The summed E-state index contributed by atoms with van der Waals surface area (Å²) in [5.41, 5.74) is 2.82. The van der Waals surface area contributed by atoms with E-state index in [2.05, 4.69) is 21.3 Å². The number of hydrogen-bond donors (Lipinski definition) is 4. The van der Waals surface area contributed by atoms with E-state index in [9.17, 15) is 14.4 Å². The van der Waals surface area contributed by atoms with E-state index in [0.29, 0.717) is 24.3 Å². The maximum absolute atomic E-state index is 12.0. The van der Waals surface area contributed by atoms with E-state index in [0.717, 1.165) is 11.3 Å². The molecule has 0 radical (unpaired) electrons. The van der Waals surface area contributed by atoms with E-state index < -0.39 is 0 Å². The van der Waals surface area contributed by atoms with Gasteiger partial charge in [0.25, 0.3) is 5.91 Å². The number of nitrogens with one attached hydrogen (secondary N) is 4. The zero-order valence-electron chi connectivity index (χ0n) is 14.8. The molecule has 2 rings (SSSR count). The fourth-order valence-electron chi connectivity index (χ4n) is 2.24. The number of benzene rings is 2. The summed E-state index contributed by atoms with van der Waals surface area (Å²) >= 11 is 0. The number of carbonyl (C=O) groups is 3. The monoisotopic (exact) mass is 354 g/mol. The Hall–Kier alpha value is -3.35. The number of carbonyl (C=O) groups excluding carboxylic acids is 3. The third-order valence-corrected chi connectivity index (χ3v) is 3.56. The van der Waals surface area contributed by atoms with Crippen LogP contribution in [0.4, 0.5) is 16.2 Å². The first-order valence-corrected chi connectivity index (χ1v) is 8.22.